The van der Waals surface area contributed by atoms with Crippen molar-refractivity contribution in [3.05, 3.63) is 182 Å². The van der Waals surface area contributed by atoms with E-state index in [0.29, 0.717) is 5.82 Å². The van der Waals surface area contributed by atoms with Crippen LogP contribution in [0, 0.1) is 0 Å². The van der Waals surface area contributed by atoms with Crippen molar-refractivity contribution >= 4 is 21.8 Å². The van der Waals surface area contributed by atoms with Gasteiger partial charge < -0.3 is 0 Å². The SMILES string of the molecule is c1ccc(-c2ccc3c(c2)c2cc(-c4ccccc4)ccc2n3-c2cccc(-c3cc(-c4ccccc4)nc(-c4ccccc4)n3)n2)cc1. The first kappa shape index (κ1) is 28.6. The molecule has 230 valence electrons. The fourth-order valence-electron chi connectivity index (χ4n) is 6.63. The molecule has 0 unspecified atom stereocenters. The number of aromatic nitrogens is 4. The highest BCUT2D eigenvalue weighted by molar-refractivity contribution is 6.11. The van der Waals surface area contributed by atoms with Crippen LogP contribution in [0.2, 0.25) is 0 Å². The fourth-order valence-corrected chi connectivity index (χ4v) is 6.63. The van der Waals surface area contributed by atoms with Crippen molar-refractivity contribution in [1.82, 2.24) is 19.5 Å². The van der Waals surface area contributed by atoms with Crippen molar-refractivity contribution in [1.29, 1.82) is 0 Å². The number of pyridine rings is 1. The summed E-state index contributed by atoms with van der Waals surface area (Å²) in [7, 11) is 0. The van der Waals surface area contributed by atoms with Crippen LogP contribution in [0.25, 0.3) is 83.9 Å². The van der Waals surface area contributed by atoms with Gasteiger partial charge in [0.25, 0.3) is 0 Å². The average molecular weight is 627 g/mol. The minimum Gasteiger partial charge on any atom is -0.294 e. The second-order valence-corrected chi connectivity index (χ2v) is 12.1. The fraction of sp³-hybridized carbons (Fsp3) is 0. The van der Waals surface area contributed by atoms with Crippen LogP contribution in [0.5, 0.6) is 0 Å². The summed E-state index contributed by atoms with van der Waals surface area (Å²) < 4.78 is 2.27. The largest absolute Gasteiger partial charge is 0.294 e. The lowest BCUT2D eigenvalue weighted by atomic mass is 10.0. The summed E-state index contributed by atoms with van der Waals surface area (Å²) in [5, 5.41) is 2.36. The molecule has 0 N–H and O–H groups in total. The van der Waals surface area contributed by atoms with Crippen molar-refractivity contribution in [3.63, 3.8) is 0 Å². The molecular formula is C45H30N4. The van der Waals surface area contributed by atoms with E-state index < -0.39 is 0 Å². The monoisotopic (exact) mass is 626 g/mol. The van der Waals surface area contributed by atoms with Gasteiger partial charge in [0.1, 0.15) is 5.82 Å². The van der Waals surface area contributed by atoms with Crippen LogP contribution < -0.4 is 0 Å². The molecule has 0 fully saturated rings. The lowest BCUT2D eigenvalue weighted by Gasteiger charge is -2.12. The first-order valence-electron chi connectivity index (χ1n) is 16.5. The van der Waals surface area contributed by atoms with Crippen LogP contribution in [-0.2, 0) is 0 Å². The lowest BCUT2D eigenvalue weighted by molar-refractivity contribution is 1.07. The highest BCUT2D eigenvalue weighted by Crippen LogP contribution is 2.37. The molecule has 0 aliphatic heterocycles. The molecular weight excluding hydrogens is 597 g/mol. The quantitative estimate of drug-likeness (QED) is 0.184. The zero-order chi connectivity index (χ0) is 32.6. The molecule has 0 radical (unpaired) electrons. The Hall–Kier alpha value is -6.65. The van der Waals surface area contributed by atoms with E-state index in [1.165, 1.54) is 33.0 Å². The van der Waals surface area contributed by atoms with Gasteiger partial charge in [-0.15, -0.1) is 0 Å². The van der Waals surface area contributed by atoms with E-state index in [0.717, 1.165) is 45.1 Å². The van der Waals surface area contributed by atoms with E-state index in [-0.39, 0.29) is 0 Å². The van der Waals surface area contributed by atoms with Crippen LogP contribution in [0.3, 0.4) is 0 Å². The maximum atomic E-state index is 5.29. The molecule has 0 atom stereocenters. The third-order valence-electron chi connectivity index (χ3n) is 9.03. The number of fused-ring (bicyclic) bond motifs is 3. The molecule has 0 aliphatic carbocycles. The summed E-state index contributed by atoms with van der Waals surface area (Å²) in [5.74, 6) is 1.50. The van der Waals surface area contributed by atoms with E-state index in [2.05, 4.69) is 126 Å². The number of benzene rings is 6. The molecule has 3 heterocycles. The average Bonchev–Trinajstić information content (AvgIpc) is 3.52. The number of nitrogens with zero attached hydrogens (tertiary/aromatic N) is 4. The number of hydrogen-bond acceptors (Lipinski definition) is 3. The van der Waals surface area contributed by atoms with Crippen molar-refractivity contribution in [3.8, 4) is 62.1 Å². The maximum absolute atomic E-state index is 5.29. The van der Waals surface area contributed by atoms with Gasteiger partial charge in [-0.25, -0.2) is 15.0 Å². The third kappa shape index (κ3) is 5.35. The van der Waals surface area contributed by atoms with E-state index in [1.54, 1.807) is 0 Å². The first-order chi connectivity index (χ1) is 24.3. The van der Waals surface area contributed by atoms with Gasteiger partial charge in [-0.2, -0.15) is 0 Å². The van der Waals surface area contributed by atoms with Crippen LogP contribution in [-0.4, -0.2) is 19.5 Å². The molecule has 0 amide bonds. The molecule has 3 aromatic heterocycles. The molecule has 9 rings (SSSR count). The van der Waals surface area contributed by atoms with E-state index >= 15 is 0 Å². The van der Waals surface area contributed by atoms with Crippen LogP contribution in [0.15, 0.2) is 182 Å². The number of rotatable bonds is 6. The Morgan fingerprint density at radius 3 is 1.35 bits per heavy atom. The summed E-state index contributed by atoms with van der Waals surface area (Å²) in [6, 6.07) is 63.2. The molecule has 49 heavy (non-hydrogen) atoms. The van der Waals surface area contributed by atoms with Gasteiger partial charge in [-0.3, -0.25) is 4.57 Å². The second-order valence-electron chi connectivity index (χ2n) is 12.1. The van der Waals surface area contributed by atoms with Crippen molar-refractivity contribution in [2.45, 2.75) is 0 Å². The Morgan fingerprint density at radius 2 is 0.796 bits per heavy atom. The third-order valence-corrected chi connectivity index (χ3v) is 9.03. The topological polar surface area (TPSA) is 43.6 Å². The summed E-state index contributed by atoms with van der Waals surface area (Å²) in [5.41, 5.74) is 11.4. The Labute approximate surface area is 284 Å². The molecule has 0 saturated carbocycles. The summed E-state index contributed by atoms with van der Waals surface area (Å²) >= 11 is 0. The molecule has 4 heteroatoms. The summed E-state index contributed by atoms with van der Waals surface area (Å²) in [4.78, 5) is 15.3. The Kier molecular flexibility index (Phi) is 7.10. The number of hydrogen-bond donors (Lipinski definition) is 0. The van der Waals surface area contributed by atoms with Crippen LogP contribution >= 0.6 is 0 Å². The minimum absolute atomic E-state index is 0.669. The molecule has 0 saturated heterocycles. The zero-order valence-corrected chi connectivity index (χ0v) is 26.6. The van der Waals surface area contributed by atoms with Gasteiger partial charge in [0, 0.05) is 21.9 Å². The van der Waals surface area contributed by atoms with Crippen LogP contribution in [0.4, 0.5) is 0 Å². The van der Waals surface area contributed by atoms with Gasteiger partial charge in [-0.1, -0.05) is 140 Å². The zero-order valence-electron chi connectivity index (χ0n) is 26.6. The maximum Gasteiger partial charge on any atom is 0.160 e. The highest BCUT2D eigenvalue weighted by atomic mass is 15.1. The first-order valence-corrected chi connectivity index (χ1v) is 16.5. The normalized spacial score (nSPS) is 11.3. The summed E-state index contributed by atoms with van der Waals surface area (Å²) in [6.07, 6.45) is 0. The van der Waals surface area contributed by atoms with Gasteiger partial charge in [0.15, 0.2) is 5.82 Å². The Balaban J connectivity index is 1.24. The van der Waals surface area contributed by atoms with Gasteiger partial charge >= 0.3 is 0 Å². The van der Waals surface area contributed by atoms with Crippen LogP contribution in [0.1, 0.15) is 0 Å². The van der Waals surface area contributed by atoms with E-state index in [1.807, 2.05) is 60.7 Å². The van der Waals surface area contributed by atoms with Gasteiger partial charge in [0.05, 0.1) is 28.1 Å². The summed E-state index contributed by atoms with van der Waals surface area (Å²) in [6.45, 7) is 0. The highest BCUT2D eigenvalue weighted by Gasteiger charge is 2.17. The van der Waals surface area contributed by atoms with Gasteiger partial charge in [-0.05, 0) is 64.7 Å². The van der Waals surface area contributed by atoms with Crippen molar-refractivity contribution in [2.24, 2.45) is 0 Å². The smallest absolute Gasteiger partial charge is 0.160 e. The van der Waals surface area contributed by atoms with Crippen molar-refractivity contribution < 1.29 is 0 Å². The molecule has 0 aliphatic rings. The molecule has 0 spiro atoms. The molecule has 9 aromatic rings. The molecule has 6 aromatic carbocycles. The standard InChI is InChI=1S/C45H30N4/c1-5-14-31(15-6-1)35-24-26-42-37(28-35)38-29-36(32-16-7-2-8-17-32)25-27-43(38)49(42)44-23-13-22-39(46-44)41-30-40(33-18-9-3-10-19-33)47-45(48-41)34-20-11-4-12-21-34/h1-30H. The molecule has 4 nitrogen and oxygen atoms in total. The van der Waals surface area contributed by atoms with E-state index in [4.69, 9.17) is 15.0 Å². The molecule has 0 bridgehead atoms. The van der Waals surface area contributed by atoms with Gasteiger partial charge in [0.2, 0.25) is 0 Å². The Bertz CT molecular complexity index is 2420. The van der Waals surface area contributed by atoms with E-state index in [9.17, 15) is 0 Å². The Morgan fingerprint density at radius 1 is 0.306 bits per heavy atom. The lowest BCUT2D eigenvalue weighted by Crippen LogP contribution is -2.01. The predicted octanol–water partition coefficient (Wildman–Crippen LogP) is 11.3. The predicted molar refractivity (Wildman–Crippen MR) is 201 cm³/mol. The van der Waals surface area contributed by atoms with Crippen molar-refractivity contribution in [2.75, 3.05) is 0 Å². The minimum atomic E-state index is 0.669. The second kappa shape index (κ2) is 12.2.